The van der Waals surface area contributed by atoms with E-state index in [9.17, 15) is 0 Å². The maximum Gasteiger partial charge on any atom is 0.143 e. The van der Waals surface area contributed by atoms with Crippen molar-refractivity contribution in [1.29, 1.82) is 0 Å². The average Bonchev–Trinajstić information content (AvgIpc) is 3.93. The van der Waals surface area contributed by atoms with Crippen LogP contribution in [0.5, 0.6) is 0 Å². The van der Waals surface area contributed by atoms with E-state index in [-0.39, 0.29) is 5.41 Å². The van der Waals surface area contributed by atoms with Gasteiger partial charge in [-0.3, -0.25) is 0 Å². The van der Waals surface area contributed by atoms with Crippen LogP contribution >= 0.6 is 11.3 Å². The molecular weight excluding hydrogens is 723 g/mol. The molecule has 0 N–H and O–H groups in total. The van der Waals surface area contributed by atoms with Crippen LogP contribution in [0.2, 0.25) is 0 Å². The van der Waals surface area contributed by atoms with Gasteiger partial charge < -0.3 is 9.32 Å². The van der Waals surface area contributed by atoms with Gasteiger partial charge in [-0.2, -0.15) is 0 Å². The van der Waals surface area contributed by atoms with Crippen molar-refractivity contribution >= 4 is 81.3 Å². The third-order valence-electron chi connectivity index (χ3n) is 12.5. The largest absolute Gasteiger partial charge is 0.455 e. The van der Waals surface area contributed by atoms with Crippen molar-refractivity contribution in [2.24, 2.45) is 0 Å². The molecule has 0 saturated carbocycles. The van der Waals surface area contributed by atoms with Crippen LogP contribution in [0.3, 0.4) is 0 Å². The Balaban J connectivity index is 1.17. The number of thiophene rings is 1. The van der Waals surface area contributed by atoms with Crippen molar-refractivity contribution in [2.45, 2.75) is 19.3 Å². The molecule has 274 valence electrons. The first kappa shape index (κ1) is 33.2. The molecular formula is C55H37NOS. The molecule has 3 heteroatoms. The lowest BCUT2D eigenvalue weighted by molar-refractivity contribution is 0.660. The van der Waals surface area contributed by atoms with Crippen LogP contribution in [0, 0.1) is 0 Å². The van der Waals surface area contributed by atoms with Gasteiger partial charge in [0.25, 0.3) is 0 Å². The molecule has 0 unspecified atom stereocenters. The molecule has 58 heavy (non-hydrogen) atoms. The Kier molecular flexibility index (Phi) is 7.18. The Labute approximate surface area is 340 Å². The van der Waals surface area contributed by atoms with Gasteiger partial charge in [-0.25, -0.2) is 0 Å². The molecule has 0 radical (unpaired) electrons. The fourth-order valence-electron chi connectivity index (χ4n) is 9.85. The number of hydrogen-bond acceptors (Lipinski definition) is 3. The molecule has 12 rings (SSSR count). The molecule has 0 atom stereocenters. The summed E-state index contributed by atoms with van der Waals surface area (Å²) < 4.78 is 9.29. The van der Waals surface area contributed by atoms with Gasteiger partial charge in [-0.1, -0.05) is 166 Å². The molecule has 0 saturated heterocycles. The Morgan fingerprint density at radius 1 is 0.431 bits per heavy atom. The lowest BCUT2D eigenvalue weighted by Crippen LogP contribution is -2.15. The van der Waals surface area contributed by atoms with Crippen LogP contribution in [-0.2, 0) is 5.41 Å². The Morgan fingerprint density at radius 2 is 1.02 bits per heavy atom. The van der Waals surface area contributed by atoms with E-state index in [1.165, 1.54) is 58.9 Å². The summed E-state index contributed by atoms with van der Waals surface area (Å²) in [7, 11) is 0. The molecule has 11 aromatic rings. The summed E-state index contributed by atoms with van der Waals surface area (Å²) in [4.78, 5) is 2.53. The van der Waals surface area contributed by atoms with Crippen LogP contribution in [0.25, 0.3) is 86.3 Å². The van der Waals surface area contributed by atoms with Crippen LogP contribution in [0.4, 0.5) is 17.1 Å². The summed E-state index contributed by atoms with van der Waals surface area (Å²) in [5.41, 5.74) is 15.2. The van der Waals surface area contributed by atoms with Gasteiger partial charge in [-0.05, 0) is 75.2 Å². The topological polar surface area (TPSA) is 16.4 Å². The highest BCUT2D eigenvalue weighted by molar-refractivity contribution is 7.26. The maximum absolute atomic E-state index is 6.74. The third kappa shape index (κ3) is 4.71. The van der Waals surface area contributed by atoms with Gasteiger partial charge in [-0.15, -0.1) is 11.3 Å². The van der Waals surface area contributed by atoms with Crippen molar-refractivity contribution in [1.82, 2.24) is 0 Å². The lowest BCUT2D eigenvalue weighted by Gasteiger charge is -2.31. The van der Waals surface area contributed by atoms with Gasteiger partial charge in [0.05, 0.1) is 21.8 Å². The highest BCUT2D eigenvalue weighted by Crippen LogP contribution is 2.55. The standard InChI is InChI=1S/C55H37NOS/c1-55(2)44-25-9-5-21-42(44)51-39(22-13-26-45(51)55)36-18-6-10-27-46(36)56(48-29-14-24-41-38-20-8-12-31-50(38)58-54(41)48)47-28-11-7-19-37(47)40-23-15-30-49-52(40)43-33-32-34-16-3-4-17-35(34)53(43)57-49/h3-33H,1-2H3. The molecule has 2 nitrogen and oxygen atoms in total. The molecule has 0 aliphatic heterocycles. The average molecular weight is 760 g/mol. The predicted molar refractivity (Wildman–Crippen MR) is 247 cm³/mol. The summed E-state index contributed by atoms with van der Waals surface area (Å²) >= 11 is 1.87. The van der Waals surface area contributed by atoms with E-state index in [0.29, 0.717) is 0 Å². The van der Waals surface area contributed by atoms with E-state index in [4.69, 9.17) is 4.42 Å². The number of para-hydroxylation sites is 2. The molecule has 9 aromatic carbocycles. The zero-order chi connectivity index (χ0) is 38.5. The van der Waals surface area contributed by atoms with E-state index < -0.39 is 0 Å². The quantitative estimate of drug-likeness (QED) is 0.174. The van der Waals surface area contributed by atoms with E-state index in [2.05, 4.69) is 207 Å². The van der Waals surface area contributed by atoms with Crippen molar-refractivity contribution in [3.8, 4) is 33.4 Å². The molecule has 2 heterocycles. The van der Waals surface area contributed by atoms with Gasteiger partial charge in [0.15, 0.2) is 0 Å². The van der Waals surface area contributed by atoms with Gasteiger partial charge in [0.1, 0.15) is 11.2 Å². The molecule has 0 spiro atoms. The van der Waals surface area contributed by atoms with E-state index in [1.807, 2.05) is 11.3 Å². The summed E-state index contributed by atoms with van der Waals surface area (Å²) in [5, 5.41) is 7.11. The van der Waals surface area contributed by atoms with Crippen molar-refractivity contribution in [3.63, 3.8) is 0 Å². The second-order valence-corrected chi connectivity index (χ2v) is 17.0. The fraction of sp³-hybridized carbons (Fsp3) is 0.0545. The number of benzene rings is 9. The van der Waals surface area contributed by atoms with Crippen LogP contribution in [-0.4, -0.2) is 0 Å². The normalized spacial score (nSPS) is 13.1. The minimum absolute atomic E-state index is 0.108. The first-order chi connectivity index (χ1) is 28.6. The predicted octanol–water partition coefficient (Wildman–Crippen LogP) is 16.2. The van der Waals surface area contributed by atoms with Crippen LogP contribution in [0.15, 0.2) is 192 Å². The third-order valence-corrected chi connectivity index (χ3v) is 13.7. The van der Waals surface area contributed by atoms with Crippen molar-refractivity contribution in [3.05, 3.63) is 199 Å². The zero-order valence-electron chi connectivity index (χ0n) is 32.2. The highest BCUT2D eigenvalue weighted by atomic mass is 32.1. The number of rotatable bonds is 5. The Bertz CT molecular complexity index is 3460. The molecule has 0 fully saturated rings. The first-order valence-electron chi connectivity index (χ1n) is 20.0. The Hall–Kier alpha value is -6.94. The fourth-order valence-corrected chi connectivity index (χ4v) is 11.1. The minimum atomic E-state index is -0.108. The number of hydrogen-bond donors (Lipinski definition) is 0. The second-order valence-electron chi connectivity index (χ2n) is 16.0. The Morgan fingerprint density at radius 3 is 1.86 bits per heavy atom. The number of furan rings is 1. The van der Waals surface area contributed by atoms with Crippen LogP contribution < -0.4 is 4.90 Å². The minimum Gasteiger partial charge on any atom is -0.455 e. The molecule has 0 bridgehead atoms. The van der Waals surface area contributed by atoms with Crippen molar-refractivity contribution in [2.75, 3.05) is 4.90 Å². The summed E-state index contributed by atoms with van der Waals surface area (Å²) in [5.74, 6) is 0. The zero-order valence-corrected chi connectivity index (χ0v) is 33.0. The smallest absolute Gasteiger partial charge is 0.143 e. The molecule has 1 aliphatic rings. The molecule has 2 aromatic heterocycles. The van der Waals surface area contributed by atoms with E-state index in [1.54, 1.807) is 0 Å². The summed E-state index contributed by atoms with van der Waals surface area (Å²) in [6.45, 7) is 4.72. The number of fused-ring (bicyclic) bond motifs is 11. The highest BCUT2D eigenvalue weighted by Gasteiger charge is 2.37. The first-order valence-corrected chi connectivity index (χ1v) is 20.8. The van der Waals surface area contributed by atoms with Gasteiger partial charge >= 0.3 is 0 Å². The summed E-state index contributed by atoms with van der Waals surface area (Å²) in [6, 6.07) is 68.9. The summed E-state index contributed by atoms with van der Waals surface area (Å²) in [6.07, 6.45) is 0. The lowest BCUT2D eigenvalue weighted by atomic mass is 9.82. The van der Waals surface area contributed by atoms with Crippen molar-refractivity contribution < 1.29 is 4.42 Å². The molecule has 0 amide bonds. The van der Waals surface area contributed by atoms with E-state index >= 15 is 0 Å². The van der Waals surface area contributed by atoms with Gasteiger partial charge in [0.2, 0.25) is 0 Å². The van der Waals surface area contributed by atoms with E-state index in [0.717, 1.165) is 55.5 Å². The second kappa shape index (κ2) is 12.5. The number of nitrogens with zero attached hydrogens (tertiary/aromatic N) is 1. The van der Waals surface area contributed by atoms with Gasteiger partial charge in [0, 0.05) is 48.2 Å². The monoisotopic (exact) mass is 759 g/mol. The number of anilines is 3. The maximum atomic E-state index is 6.74. The molecule has 1 aliphatic carbocycles. The SMILES string of the molecule is CC1(C)c2ccccc2-c2c(-c3ccccc3N(c3ccccc3-c3cccc4oc5c6ccccc6ccc5c34)c3cccc4c3sc3ccccc34)cccc21. The van der Waals surface area contributed by atoms with Crippen LogP contribution in [0.1, 0.15) is 25.0 Å².